The van der Waals surface area contributed by atoms with Crippen LogP contribution in [0.25, 0.3) is 5.69 Å². The van der Waals surface area contributed by atoms with Gasteiger partial charge in [-0.05, 0) is 76.4 Å². The first-order valence-electron chi connectivity index (χ1n) is 9.37. The van der Waals surface area contributed by atoms with Gasteiger partial charge < -0.3 is 10.2 Å². The maximum atomic E-state index is 6.00. The number of aromatic nitrogens is 2. The maximum absolute atomic E-state index is 6.00. The zero-order valence-electron chi connectivity index (χ0n) is 15.1. The Kier molecular flexibility index (Phi) is 4.85. The molecule has 134 valence electrons. The van der Waals surface area contributed by atoms with Crippen LogP contribution >= 0.6 is 11.6 Å². The van der Waals surface area contributed by atoms with Gasteiger partial charge >= 0.3 is 0 Å². The highest BCUT2D eigenvalue weighted by atomic mass is 35.5. The van der Waals surface area contributed by atoms with Gasteiger partial charge in [-0.1, -0.05) is 11.6 Å². The van der Waals surface area contributed by atoms with Crippen molar-refractivity contribution < 1.29 is 0 Å². The largest absolute Gasteiger partial charge is 0.312 e. The summed E-state index contributed by atoms with van der Waals surface area (Å²) < 4.78 is 2.02. The molecule has 1 aromatic carbocycles. The molecule has 1 aromatic heterocycles. The van der Waals surface area contributed by atoms with E-state index in [4.69, 9.17) is 16.7 Å². The van der Waals surface area contributed by atoms with Gasteiger partial charge in [0, 0.05) is 35.4 Å². The molecule has 4 rings (SSSR count). The smallest absolute Gasteiger partial charge is 0.0649 e. The molecule has 1 aliphatic carbocycles. The highest BCUT2D eigenvalue weighted by Crippen LogP contribution is 2.31. The Morgan fingerprint density at radius 3 is 2.64 bits per heavy atom. The molecule has 0 spiro atoms. The zero-order valence-corrected chi connectivity index (χ0v) is 15.9. The minimum atomic E-state index is 0.754. The van der Waals surface area contributed by atoms with E-state index in [9.17, 15) is 0 Å². The number of halogens is 1. The van der Waals surface area contributed by atoms with Crippen molar-refractivity contribution in [2.24, 2.45) is 5.92 Å². The van der Waals surface area contributed by atoms with Crippen LogP contribution in [0, 0.1) is 19.8 Å². The summed E-state index contributed by atoms with van der Waals surface area (Å²) in [6, 6.07) is 8.77. The van der Waals surface area contributed by atoms with E-state index in [1.165, 1.54) is 43.6 Å². The molecule has 2 fully saturated rings. The lowest BCUT2D eigenvalue weighted by Crippen LogP contribution is -2.27. The summed E-state index contributed by atoms with van der Waals surface area (Å²) >= 11 is 6.00. The van der Waals surface area contributed by atoms with Crippen molar-refractivity contribution in [1.29, 1.82) is 0 Å². The number of aryl methyl sites for hydroxylation is 1. The molecule has 1 atom stereocenters. The van der Waals surface area contributed by atoms with Gasteiger partial charge in [-0.2, -0.15) is 5.10 Å². The summed E-state index contributed by atoms with van der Waals surface area (Å²) in [5.74, 6) is 0.799. The standard InChI is InChI=1S/C20H27ClN4/c1-14-20(12-22-11-16-9-10-24(13-16)18-7-8-18)15(2)25(23-14)19-5-3-17(21)4-6-19/h3-6,16,18,22H,7-13H2,1-2H3. The average Bonchev–Trinajstić information content (AvgIpc) is 3.29. The van der Waals surface area contributed by atoms with Crippen LogP contribution < -0.4 is 5.32 Å². The Hall–Kier alpha value is -1.36. The first kappa shape index (κ1) is 17.1. The fourth-order valence-corrected chi connectivity index (χ4v) is 4.09. The van der Waals surface area contributed by atoms with E-state index < -0.39 is 0 Å². The molecule has 5 heteroatoms. The van der Waals surface area contributed by atoms with E-state index in [1.54, 1.807) is 0 Å². The second kappa shape index (κ2) is 7.10. The van der Waals surface area contributed by atoms with Gasteiger partial charge in [0.2, 0.25) is 0 Å². The van der Waals surface area contributed by atoms with Crippen molar-refractivity contribution >= 4 is 11.6 Å². The fourth-order valence-electron chi connectivity index (χ4n) is 3.97. The maximum Gasteiger partial charge on any atom is 0.0649 e. The highest BCUT2D eigenvalue weighted by Gasteiger charge is 2.34. The fraction of sp³-hybridized carbons (Fsp3) is 0.550. The van der Waals surface area contributed by atoms with Crippen LogP contribution in [-0.2, 0) is 6.54 Å². The Morgan fingerprint density at radius 1 is 1.16 bits per heavy atom. The monoisotopic (exact) mass is 358 g/mol. The van der Waals surface area contributed by atoms with Crippen molar-refractivity contribution in [1.82, 2.24) is 20.0 Å². The Labute approximate surface area is 155 Å². The number of hydrogen-bond acceptors (Lipinski definition) is 3. The van der Waals surface area contributed by atoms with Crippen molar-refractivity contribution in [3.63, 3.8) is 0 Å². The number of nitrogens with zero attached hydrogens (tertiary/aromatic N) is 3. The third-order valence-corrected chi connectivity index (χ3v) is 5.88. The van der Waals surface area contributed by atoms with Crippen molar-refractivity contribution in [2.45, 2.75) is 45.7 Å². The van der Waals surface area contributed by atoms with E-state index in [2.05, 4.69) is 24.1 Å². The van der Waals surface area contributed by atoms with Gasteiger partial charge in [0.05, 0.1) is 11.4 Å². The van der Waals surface area contributed by atoms with Crippen LogP contribution in [0.4, 0.5) is 0 Å². The third-order valence-electron chi connectivity index (χ3n) is 5.63. The second-order valence-corrected chi connectivity index (χ2v) is 7.99. The van der Waals surface area contributed by atoms with Crippen LogP contribution in [-0.4, -0.2) is 40.4 Å². The van der Waals surface area contributed by atoms with Gasteiger partial charge in [-0.15, -0.1) is 0 Å². The van der Waals surface area contributed by atoms with E-state index in [0.29, 0.717) is 0 Å². The predicted octanol–water partition coefficient (Wildman–Crippen LogP) is 3.72. The molecule has 25 heavy (non-hydrogen) atoms. The Bertz CT molecular complexity index is 733. The van der Waals surface area contributed by atoms with E-state index in [-0.39, 0.29) is 0 Å². The van der Waals surface area contributed by atoms with Gasteiger partial charge in [0.15, 0.2) is 0 Å². The lowest BCUT2D eigenvalue weighted by atomic mass is 10.1. The molecule has 1 aliphatic heterocycles. The minimum absolute atomic E-state index is 0.754. The zero-order chi connectivity index (χ0) is 17.4. The number of benzene rings is 1. The van der Waals surface area contributed by atoms with Crippen molar-refractivity contribution in [3.8, 4) is 5.69 Å². The first-order chi connectivity index (χ1) is 12.1. The molecule has 2 aliphatic rings. The van der Waals surface area contributed by atoms with Gasteiger partial charge in [-0.25, -0.2) is 4.68 Å². The van der Waals surface area contributed by atoms with Crippen LogP contribution in [0.5, 0.6) is 0 Å². The van der Waals surface area contributed by atoms with E-state index >= 15 is 0 Å². The van der Waals surface area contributed by atoms with Crippen molar-refractivity contribution in [3.05, 3.63) is 46.2 Å². The number of rotatable bonds is 6. The molecule has 0 bridgehead atoms. The molecule has 0 amide bonds. The third kappa shape index (κ3) is 3.76. The normalized spacial score (nSPS) is 21.2. The molecule has 0 radical (unpaired) electrons. The molecular formula is C20H27ClN4. The molecule has 1 unspecified atom stereocenters. The summed E-state index contributed by atoms with van der Waals surface area (Å²) in [6.07, 6.45) is 4.18. The molecule has 2 aromatic rings. The molecule has 1 saturated carbocycles. The first-order valence-corrected chi connectivity index (χ1v) is 9.75. The summed E-state index contributed by atoms with van der Waals surface area (Å²) in [7, 11) is 0. The number of nitrogens with one attached hydrogen (secondary N) is 1. The topological polar surface area (TPSA) is 33.1 Å². The molecule has 2 heterocycles. The average molecular weight is 359 g/mol. The van der Waals surface area contributed by atoms with Crippen LogP contribution in [0.3, 0.4) is 0 Å². The quantitative estimate of drug-likeness (QED) is 0.854. The van der Waals surface area contributed by atoms with Gasteiger partial charge in [0.25, 0.3) is 0 Å². The summed E-state index contributed by atoms with van der Waals surface area (Å²) in [6.45, 7) is 8.82. The second-order valence-electron chi connectivity index (χ2n) is 7.55. The summed E-state index contributed by atoms with van der Waals surface area (Å²) in [4.78, 5) is 2.68. The molecule has 4 nitrogen and oxygen atoms in total. The lowest BCUT2D eigenvalue weighted by molar-refractivity contribution is 0.312. The summed E-state index contributed by atoms with van der Waals surface area (Å²) in [5, 5.41) is 9.16. The van der Waals surface area contributed by atoms with Crippen LogP contribution in [0.1, 0.15) is 36.2 Å². The number of hydrogen-bond donors (Lipinski definition) is 1. The molecule has 1 N–H and O–H groups in total. The van der Waals surface area contributed by atoms with Crippen LogP contribution in [0.2, 0.25) is 5.02 Å². The lowest BCUT2D eigenvalue weighted by Gasteiger charge is -2.15. The summed E-state index contributed by atoms with van der Waals surface area (Å²) in [5.41, 5.74) is 4.68. The van der Waals surface area contributed by atoms with E-state index in [1.807, 2.05) is 28.9 Å². The Morgan fingerprint density at radius 2 is 1.92 bits per heavy atom. The Balaban J connectivity index is 1.37. The van der Waals surface area contributed by atoms with E-state index in [0.717, 1.165) is 41.5 Å². The minimum Gasteiger partial charge on any atom is -0.312 e. The van der Waals surface area contributed by atoms with Crippen molar-refractivity contribution in [2.75, 3.05) is 19.6 Å². The van der Waals surface area contributed by atoms with Crippen LogP contribution in [0.15, 0.2) is 24.3 Å². The predicted molar refractivity (Wildman–Crippen MR) is 102 cm³/mol. The van der Waals surface area contributed by atoms with Gasteiger partial charge in [0.1, 0.15) is 0 Å². The van der Waals surface area contributed by atoms with Gasteiger partial charge in [-0.3, -0.25) is 0 Å². The highest BCUT2D eigenvalue weighted by molar-refractivity contribution is 6.30. The SMILES string of the molecule is Cc1nn(-c2ccc(Cl)cc2)c(C)c1CNCC1CCN(C2CC2)C1. The number of likely N-dealkylation sites (tertiary alicyclic amines) is 1. The molecule has 1 saturated heterocycles. The molecular weight excluding hydrogens is 332 g/mol.